The van der Waals surface area contributed by atoms with Crippen LogP contribution in [0.2, 0.25) is 0 Å². The molecular weight excluding hydrogens is 376 g/mol. The molecule has 9 heteroatoms. The number of aromatic nitrogens is 2. The summed E-state index contributed by atoms with van der Waals surface area (Å²) in [5, 5.41) is 28.2. The second-order valence-corrected chi connectivity index (χ2v) is 6.48. The number of aliphatic carboxylic acids is 1. The van der Waals surface area contributed by atoms with Gasteiger partial charge in [-0.2, -0.15) is 0 Å². The summed E-state index contributed by atoms with van der Waals surface area (Å²) in [5.74, 6) is -0.873. The van der Waals surface area contributed by atoms with Crippen LogP contribution in [-0.2, 0) is 11.2 Å². The van der Waals surface area contributed by atoms with Crippen LogP contribution in [0.1, 0.15) is 5.56 Å². The molecular formula is C20H16N4O5. The molecule has 2 aromatic heterocycles. The molecule has 0 aliphatic heterocycles. The fraction of sp³-hybridized carbons (Fsp3) is 0.100. The first-order chi connectivity index (χ1) is 14.0. The van der Waals surface area contributed by atoms with Gasteiger partial charge in [-0.05, 0) is 11.6 Å². The standard InChI is InChI=1S/C20H16N4O5/c25-20(26)18(9-13-11-21-16-7-2-1-6-15(13)16)22-19-10-17(23-29-19)12-4-3-5-14(8-12)24(27)28/h1-8,10-11,18,21-22H,9H2,(H,25,26). The van der Waals surface area contributed by atoms with Crippen molar-refractivity contribution in [2.75, 3.05) is 5.32 Å². The molecule has 0 aliphatic carbocycles. The highest BCUT2D eigenvalue weighted by Gasteiger charge is 2.22. The zero-order valence-corrected chi connectivity index (χ0v) is 15.0. The topological polar surface area (TPSA) is 134 Å². The maximum absolute atomic E-state index is 11.8. The smallest absolute Gasteiger partial charge is 0.326 e. The van der Waals surface area contributed by atoms with E-state index in [-0.39, 0.29) is 18.0 Å². The van der Waals surface area contributed by atoms with Gasteiger partial charge >= 0.3 is 5.97 Å². The molecule has 3 N–H and O–H groups in total. The molecule has 0 fully saturated rings. The van der Waals surface area contributed by atoms with E-state index in [4.69, 9.17) is 4.52 Å². The monoisotopic (exact) mass is 392 g/mol. The average Bonchev–Trinajstić information content (AvgIpc) is 3.35. The Balaban J connectivity index is 1.55. The molecule has 2 heterocycles. The van der Waals surface area contributed by atoms with E-state index in [9.17, 15) is 20.0 Å². The lowest BCUT2D eigenvalue weighted by Gasteiger charge is -2.12. The number of nitrogens with zero attached hydrogens (tertiary/aromatic N) is 2. The number of non-ortho nitro benzene ring substituents is 1. The Hall–Kier alpha value is -4.14. The third kappa shape index (κ3) is 3.79. The Morgan fingerprint density at radius 1 is 1.24 bits per heavy atom. The van der Waals surface area contributed by atoms with E-state index in [2.05, 4.69) is 15.5 Å². The third-order valence-electron chi connectivity index (χ3n) is 4.58. The Bertz CT molecular complexity index is 1200. The van der Waals surface area contributed by atoms with Gasteiger partial charge in [-0.1, -0.05) is 35.5 Å². The van der Waals surface area contributed by atoms with Crippen molar-refractivity contribution in [3.05, 3.63) is 76.5 Å². The molecule has 1 atom stereocenters. The molecule has 9 nitrogen and oxygen atoms in total. The van der Waals surface area contributed by atoms with Crippen molar-refractivity contribution >= 4 is 28.4 Å². The van der Waals surface area contributed by atoms with Gasteiger partial charge in [0.25, 0.3) is 5.69 Å². The minimum atomic E-state index is -1.04. The highest BCUT2D eigenvalue weighted by atomic mass is 16.6. The van der Waals surface area contributed by atoms with Crippen molar-refractivity contribution in [3.63, 3.8) is 0 Å². The third-order valence-corrected chi connectivity index (χ3v) is 4.58. The number of benzene rings is 2. The van der Waals surface area contributed by atoms with Crippen LogP contribution >= 0.6 is 0 Å². The number of hydrogen-bond donors (Lipinski definition) is 3. The zero-order valence-electron chi connectivity index (χ0n) is 15.0. The van der Waals surface area contributed by atoms with Crippen LogP contribution in [0.5, 0.6) is 0 Å². The molecule has 0 saturated heterocycles. The normalized spacial score (nSPS) is 12.0. The van der Waals surface area contributed by atoms with E-state index in [1.54, 1.807) is 18.3 Å². The number of nitro groups is 1. The number of hydrogen-bond acceptors (Lipinski definition) is 6. The molecule has 146 valence electrons. The van der Waals surface area contributed by atoms with Gasteiger partial charge in [-0.15, -0.1) is 0 Å². The Morgan fingerprint density at radius 3 is 2.86 bits per heavy atom. The van der Waals surface area contributed by atoms with E-state index < -0.39 is 16.9 Å². The van der Waals surface area contributed by atoms with Crippen LogP contribution in [0.4, 0.5) is 11.6 Å². The fourth-order valence-electron chi connectivity index (χ4n) is 3.15. The van der Waals surface area contributed by atoms with E-state index in [1.807, 2.05) is 24.3 Å². The Labute approximate surface area is 164 Å². The van der Waals surface area contributed by atoms with Gasteiger partial charge in [0.15, 0.2) is 0 Å². The number of aromatic amines is 1. The van der Waals surface area contributed by atoms with Gasteiger partial charge in [0.05, 0.1) is 4.92 Å². The highest BCUT2D eigenvalue weighted by Crippen LogP contribution is 2.26. The van der Waals surface area contributed by atoms with Crippen LogP contribution in [0.25, 0.3) is 22.2 Å². The number of rotatable bonds is 7. The lowest BCUT2D eigenvalue weighted by Crippen LogP contribution is -2.31. The quantitative estimate of drug-likeness (QED) is 0.321. The van der Waals surface area contributed by atoms with Crippen LogP contribution in [0, 0.1) is 10.1 Å². The first-order valence-electron chi connectivity index (χ1n) is 8.77. The summed E-state index contributed by atoms with van der Waals surface area (Å²) < 4.78 is 5.20. The van der Waals surface area contributed by atoms with E-state index in [1.165, 1.54) is 18.2 Å². The number of nitrogens with one attached hydrogen (secondary N) is 2. The number of fused-ring (bicyclic) bond motifs is 1. The molecule has 29 heavy (non-hydrogen) atoms. The molecule has 4 rings (SSSR count). The number of anilines is 1. The number of carbonyl (C=O) groups is 1. The number of H-pyrrole nitrogens is 1. The summed E-state index contributed by atoms with van der Waals surface area (Å²) in [6.45, 7) is 0. The predicted molar refractivity (Wildman–Crippen MR) is 106 cm³/mol. The lowest BCUT2D eigenvalue weighted by atomic mass is 10.1. The highest BCUT2D eigenvalue weighted by molar-refractivity contribution is 5.85. The molecule has 1 unspecified atom stereocenters. The van der Waals surface area contributed by atoms with Crippen LogP contribution in [0.3, 0.4) is 0 Å². The van der Waals surface area contributed by atoms with Crippen molar-refractivity contribution in [2.45, 2.75) is 12.5 Å². The summed E-state index contributed by atoms with van der Waals surface area (Å²) in [6, 6.07) is 14.2. The number of nitro benzene ring substituents is 1. The first kappa shape index (κ1) is 18.2. The number of carboxylic acid groups (broad SMARTS) is 1. The second kappa shape index (κ2) is 7.47. The largest absolute Gasteiger partial charge is 0.480 e. The molecule has 4 aromatic rings. The van der Waals surface area contributed by atoms with E-state index in [0.717, 1.165) is 16.5 Å². The first-order valence-corrected chi connectivity index (χ1v) is 8.77. The minimum absolute atomic E-state index is 0.0669. The van der Waals surface area contributed by atoms with Crippen molar-refractivity contribution in [1.29, 1.82) is 0 Å². The van der Waals surface area contributed by atoms with Gasteiger partial charge in [0.2, 0.25) is 5.88 Å². The van der Waals surface area contributed by atoms with Gasteiger partial charge in [-0.25, -0.2) is 4.79 Å². The van der Waals surface area contributed by atoms with Crippen molar-refractivity contribution in [1.82, 2.24) is 10.1 Å². The summed E-state index contributed by atoms with van der Waals surface area (Å²) >= 11 is 0. The van der Waals surface area contributed by atoms with Crippen molar-refractivity contribution < 1.29 is 19.3 Å². The fourth-order valence-corrected chi connectivity index (χ4v) is 3.15. The zero-order chi connectivity index (χ0) is 20.4. The maximum Gasteiger partial charge on any atom is 0.326 e. The number of carboxylic acids is 1. The van der Waals surface area contributed by atoms with Crippen molar-refractivity contribution in [2.24, 2.45) is 0 Å². The van der Waals surface area contributed by atoms with Gasteiger partial charge in [-0.3, -0.25) is 10.1 Å². The van der Waals surface area contributed by atoms with Crippen molar-refractivity contribution in [3.8, 4) is 11.3 Å². The molecule has 0 bridgehead atoms. The lowest BCUT2D eigenvalue weighted by molar-refractivity contribution is -0.384. The van der Waals surface area contributed by atoms with Gasteiger partial charge < -0.3 is 19.9 Å². The van der Waals surface area contributed by atoms with E-state index >= 15 is 0 Å². The van der Waals surface area contributed by atoms with Crippen LogP contribution in [0.15, 0.2) is 65.3 Å². The van der Waals surface area contributed by atoms with E-state index in [0.29, 0.717) is 11.3 Å². The molecule has 0 spiro atoms. The summed E-state index contributed by atoms with van der Waals surface area (Å²) in [4.78, 5) is 25.3. The Morgan fingerprint density at radius 2 is 2.07 bits per heavy atom. The molecule has 0 aliphatic rings. The summed E-state index contributed by atoms with van der Waals surface area (Å²) in [5.41, 5.74) is 2.59. The minimum Gasteiger partial charge on any atom is -0.480 e. The second-order valence-electron chi connectivity index (χ2n) is 6.48. The van der Waals surface area contributed by atoms with Crippen LogP contribution in [-0.4, -0.2) is 32.2 Å². The predicted octanol–water partition coefficient (Wildman–Crippen LogP) is 3.84. The van der Waals surface area contributed by atoms with Crippen LogP contribution < -0.4 is 5.32 Å². The summed E-state index contributed by atoms with van der Waals surface area (Å²) in [7, 11) is 0. The Kier molecular flexibility index (Phi) is 4.70. The number of para-hydroxylation sites is 1. The van der Waals surface area contributed by atoms with Gasteiger partial charge in [0.1, 0.15) is 11.7 Å². The molecule has 0 amide bonds. The average molecular weight is 392 g/mol. The maximum atomic E-state index is 11.8. The SMILES string of the molecule is O=C(O)C(Cc1c[nH]c2ccccc12)Nc1cc(-c2cccc([N+](=O)[O-])c2)no1. The summed E-state index contributed by atoms with van der Waals surface area (Å²) in [6.07, 6.45) is 2.02. The van der Waals surface area contributed by atoms with Gasteiger partial charge in [0, 0.05) is 47.3 Å². The molecule has 0 saturated carbocycles. The molecule has 2 aromatic carbocycles. The molecule has 0 radical (unpaired) electrons.